The molecule has 2 aromatic carbocycles. The predicted molar refractivity (Wildman–Crippen MR) is 101 cm³/mol. The van der Waals surface area contributed by atoms with Crippen LogP contribution in [0, 0.1) is 5.82 Å². The number of para-hydroxylation sites is 1. The van der Waals surface area contributed by atoms with Gasteiger partial charge in [0.2, 0.25) is 0 Å². The predicted octanol–water partition coefficient (Wildman–Crippen LogP) is 2.45. The van der Waals surface area contributed by atoms with Crippen LogP contribution >= 0.6 is 0 Å². The Labute approximate surface area is 166 Å². The summed E-state index contributed by atoms with van der Waals surface area (Å²) in [5.41, 5.74) is -0.214. The van der Waals surface area contributed by atoms with Crippen LogP contribution in [0.25, 0.3) is 0 Å². The third-order valence-electron chi connectivity index (χ3n) is 4.37. The molecule has 0 saturated heterocycles. The minimum Gasteiger partial charge on any atom is -0.466 e. The summed E-state index contributed by atoms with van der Waals surface area (Å²) >= 11 is 0. The van der Waals surface area contributed by atoms with Crippen LogP contribution in [0.3, 0.4) is 0 Å². The fraction of sp³-hybridized carbons (Fsp3) is 0.190. The zero-order valence-corrected chi connectivity index (χ0v) is 15.8. The van der Waals surface area contributed by atoms with Crippen LogP contribution in [0.1, 0.15) is 15.9 Å². The van der Waals surface area contributed by atoms with Crippen LogP contribution < -0.4 is 4.90 Å². The molecular formula is C21H18FNO6. The Balaban J connectivity index is 2.20. The largest absolute Gasteiger partial charge is 0.466 e. The summed E-state index contributed by atoms with van der Waals surface area (Å²) < 4.78 is 29.8. The van der Waals surface area contributed by atoms with E-state index in [1.54, 1.807) is 30.3 Å². The molecule has 29 heavy (non-hydrogen) atoms. The van der Waals surface area contributed by atoms with E-state index in [1.165, 1.54) is 12.1 Å². The van der Waals surface area contributed by atoms with Crippen molar-refractivity contribution in [2.24, 2.45) is 0 Å². The molecule has 0 spiro atoms. The summed E-state index contributed by atoms with van der Waals surface area (Å²) in [4.78, 5) is 38.7. The van der Waals surface area contributed by atoms with Crippen molar-refractivity contribution in [3.05, 3.63) is 76.7 Å². The molecule has 8 heteroatoms. The van der Waals surface area contributed by atoms with Gasteiger partial charge in [0.05, 0.1) is 32.1 Å². The molecule has 7 nitrogen and oxygen atoms in total. The van der Waals surface area contributed by atoms with Crippen LogP contribution in [0.5, 0.6) is 0 Å². The highest BCUT2D eigenvalue weighted by Gasteiger charge is 2.35. The highest BCUT2D eigenvalue weighted by Crippen LogP contribution is 2.33. The average molecular weight is 399 g/mol. The number of carbonyl (C=O) groups excluding carboxylic acids is 3. The van der Waals surface area contributed by atoms with Crippen molar-refractivity contribution in [2.45, 2.75) is 0 Å². The Morgan fingerprint density at radius 3 is 2.31 bits per heavy atom. The average Bonchev–Trinajstić information content (AvgIpc) is 2.77. The topological polar surface area (TPSA) is 82.1 Å². The molecule has 0 amide bonds. The van der Waals surface area contributed by atoms with Crippen molar-refractivity contribution in [3.63, 3.8) is 0 Å². The van der Waals surface area contributed by atoms with Crippen LogP contribution in [0.2, 0.25) is 0 Å². The molecule has 0 aliphatic carbocycles. The smallest absolute Gasteiger partial charge is 0.355 e. The number of anilines is 1. The number of nitrogens with zero attached hydrogens (tertiary/aromatic N) is 1. The molecule has 0 aromatic heterocycles. The summed E-state index contributed by atoms with van der Waals surface area (Å²) in [6.07, 6.45) is 0. The number of benzene rings is 2. The summed E-state index contributed by atoms with van der Waals surface area (Å²) in [5, 5.41) is 0. The monoisotopic (exact) mass is 399 g/mol. The molecular weight excluding hydrogens is 381 g/mol. The van der Waals surface area contributed by atoms with Gasteiger partial charge in [0.1, 0.15) is 18.2 Å². The lowest BCUT2D eigenvalue weighted by Crippen LogP contribution is -2.40. The van der Waals surface area contributed by atoms with Crippen LogP contribution in [0.15, 0.2) is 59.8 Å². The van der Waals surface area contributed by atoms with E-state index in [4.69, 9.17) is 14.2 Å². The number of halogens is 1. The van der Waals surface area contributed by atoms with E-state index in [-0.39, 0.29) is 35.9 Å². The molecule has 0 fully saturated rings. The number of methoxy groups -OCH3 is 2. The van der Waals surface area contributed by atoms with Crippen molar-refractivity contribution in [2.75, 3.05) is 32.5 Å². The van der Waals surface area contributed by atoms with E-state index in [2.05, 4.69) is 0 Å². The maximum Gasteiger partial charge on any atom is 0.355 e. The number of carbonyl (C=O) groups is 3. The van der Waals surface area contributed by atoms with E-state index in [0.717, 1.165) is 25.2 Å². The first-order valence-corrected chi connectivity index (χ1v) is 8.63. The molecule has 0 unspecified atom stereocenters. The lowest BCUT2D eigenvalue weighted by atomic mass is 10.00. The number of hydrogen-bond acceptors (Lipinski definition) is 7. The van der Waals surface area contributed by atoms with Crippen molar-refractivity contribution in [1.29, 1.82) is 0 Å². The lowest BCUT2D eigenvalue weighted by Gasteiger charge is -2.32. The van der Waals surface area contributed by atoms with Crippen LogP contribution in [-0.4, -0.2) is 45.3 Å². The highest BCUT2D eigenvalue weighted by molar-refractivity contribution is 6.13. The second kappa shape index (κ2) is 8.66. The molecule has 0 bridgehead atoms. The molecule has 2 aromatic rings. The number of hydrogen-bond donors (Lipinski definition) is 0. The molecule has 0 atom stereocenters. The van der Waals surface area contributed by atoms with Gasteiger partial charge in [-0.2, -0.15) is 0 Å². The quantitative estimate of drug-likeness (QED) is 0.564. The molecule has 0 saturated carbocycles. The number of esters is 2. The van der Waals surface area contributed by atoms with Crippen molar-refractivity contribution in [3.8, 4) is 0 Å². The molecule has 1 aliphatic rings. The minimum absolute atomic E-state index is 0.00678. The van der Waals surface area contributed by atoms with Crippen molar-refractivity contribution >= 4 is 23.4 Å². The Morgan fingerprint density at radius 2 is 1.66 bits per heavy atom. The second-order valence-electron chi connectivity index (χ2n) is 6.05. The van der Waals surface area contributed by atoms with Gasteiger partial charge >= 0.3 is 11.9 Å². The van der Waals surface area contributed by atoms with Crippen LogP contribution in [0.4, 0.5) is 10.1 Å². The molecule has 150 valence electrons. The van der Waals surface area contributed by atoms with Gasteiger partial charge in [-0.15, -0.1) is 0 Å². The number of ether oxygens (including phenoxy) is 3. The summed E-state index contributed by atoms with van der Waals surface area (Å²) in [5.74, 6) is -2.91. The van der Waals surface area contributed by atoms with Crippen molar-refractivity contribution in [1.82, 2.24) is 0 Å². The second-order valence-corrected chi connectivity index (χ2v) is 6.05. The zero-order chi connectivity index (χ0) is 21.0. The lowest BCUT2D eigenvalue weighted by molar-refractivity contribution is -0.140. The van der Waals surface area contributed by atoms with Gasteiger partial charge in [-0.25, -0.2) is 14.0 Å². The number of rotatable bonds is 5. The maximum atomic E-state index is 14.9. The first-order valence-electron chi connectivity index (χ1n) is 8.63. The zero-order valence-electron chi connectivity index (χ0n) is 15.8. The van der Waals surface area contributed by atoms with Gasteiger partial charge in [0.25, 0.3) is 0 Å². The Morgan fingerprint density at radius 1 is 0.966 bits per heavy atom. The SMILES string of the molecule is COC(=O)C1=C(C(=O)OC)N(c2c(F)cccc2C(=O)c2ccccc2)COC1. The van der Waals surface area contributed by atoms with Crippen molar-refractivity contribution < 1.29 is 33.0 Å². The maximum absolute atomic E-state index is 14.9. The molecule has 0 radical (unpaired) electrons. The van der Waals surface area contributed by atoms with E-state index in [9.17, 15) is 18.8 Å². The van der Waals surface area contributed by atoms with Gasteiger partial charge < -0.3 is 19.1 Å². The minimum atomic E-state index is -0.880. The highest BCUT2D eigenvalue weighted by atomic mass is 19.1. The van der Waals surface area contributed by atoms with Gasteiger partial charge in [-0.1, -0.05) is 36.4 Å². The molecule has 0 N–H and O–H groups in total. The summed E-state index contributed by atoms with van der Waals surface area (Å²) in [6.45, 7) is -0.481. The third-order valence-corrected chi connectivity index (χ3v) is 4.37. The Bertz CT molecular complexity index is 986. The van der Waals surface area contributed by atoms with Gasteiger partial charge in [0.15, 0.2) is 5.78 Å². The van der Waals surface area contributed by atoms with Crippen LogP contribution in [-0.2, 0) is 23.8 Å². The van der Waals surface area contributed by atoms with E-state index in [1.807, 2.05) is 0 Å². The third kappa shape index (κ3) is 3.88. The Kier molecular flexibility index (Phi) is 6.04. The number of ketones is 1. The van der Waals surface area contributed by atoms with E-state index >= 15 is 0 Å². The van der Waals surface area contributed by atoms with Gasteiger partial charge in [-0.05, 0) is 12.1 Å². The standard InChI is InChI=1S/C21H18FNO6/c1-27-20(25)15-11-29-12-23(18(15)21(26)28-2)17-14(9-6-10-16(17)22)19(24)13-7-4-3-5-8-13/h3-10H,11-12H2,1-2H3. The normalized spacial score (nSPS) is 13.8. The fourth-order valence-corrected chi connectivity index (χ4v) is 3.04. The first-order chi connectivity index (χ1) is 14.0. The molecule has 1 aliphatic heterocycles. The molecule has 3 rings (SSSR count). The summed E-state index contributed by atoms with van der Waals surface area (Å²) in [6, 6.07) is 12.3. The van der Waals surface area contributed by atoms with Gasteiger partial charge in [-0.3, -0.25) is 4.79 Å². The fourth-order valence-electron chi connectivity index (χ4n) is 3.04. The Hall–Kier alpha value is -3.52. The van der Waals surface area contributed by atoms with E-state index < -0.39 is 23.5 Å². The van der Waals surface area contributed by atoms with Gasteiger partial charge in [0, 0.05) is 11.1 Å². The molecule has 1 heterocycles. The first kappa shape index (κ1) is 20.2. The summed E-state index contributed by atoms with van der Waals surface area (Å²) in [7, 11) is 2.28. The van der Waals surface area contributed by atoms with E-state index in [0.29, 0.717) is 5.56 Å².